The fourth-order valence-electron chi connectivity index (χ4n) is 2.11. The fourth-order valence-corrected chi connectivity index (χ4v) is 3.74. The average molecular weight is 346 g/mol. The molecule has 0 saturated carbocycles. The Kier molecular flexibility index (Phi) is 4.35. The molecular weight excluding hydrogens is 332 g/mol. The van der Waals surface area contributed by atoms with Gasteiger partial charge in [0.1, 0.15) is 10.7 Å². The molecule has 1 amide bonds. The van der Waals surface area contributed by atoms with Gasteiger partial charge in [0, 0.05) is 9.75 Å². The number of carbonyl (C=O) groups excluding carboxylic acids is 1. The minimum atomic E-state index is -0.328. The van der Waals surface area contributed by atoms with Gasteiger partial charge >= 0.3 is 0 Å². The van der Waals surface area contributed by atoms with Gasteiger partial charge in [0.25, 0.3) is 5.56 Å². The van der Waals surface area contributed by atoms with E-state index >= 15 is 0 Å². The van der Waals surface area contributed by atoms with Crippen molar-refractivity contribution in [3.63, 3.8) is 0 Å². The van der Waals surface area contributed by atoms with E-state index in [0.29, 0.717) is 16.0 Å². The molecule has 6 nitrogen and oxygen atoms in total. The van der Waals surface area contributed by atoms with Crippen LogP contribution >= 0.6 is 22.7 Å². The second-order valence-corrected chi connectivity index (χ2v) is 7.14. The summed E-state index contributed by atoms with van der Waals surface area (Å²) in [7, 11) is 0. The summed E-state index contributed by atoms with van der Waals surface area (Å²) in [5, 5.41) is 6.41. The molecule has 118 valence electrons. The van der Waals surface area contributed by atoms with Crippen molar-refractivity contribution in [3.8, 4) is 0 Å². The quantitative estimate of drug-likeness (QED) is 0.561. The van der Waals surface area contributed by atoms with Crippen LogP contribution in [0.15, 0.2) is 27.4 Å². The third kappa shape index (κ3) is 3.38. The van der Waals surface area contributed by atoms with Crippen LogP contribution in [0.1, 0.15) is 21.1 Å². The second kappa shape index (κ2) is 6.43. The predicted octanol–water partition coefficient (Wildman–Crippen LogP) is 2.36. The van der Waals surface area contributed by atoms with E-state index < -0.39 is 0 Å². The molecule has 23 heavy (non-hydrogen) atoms. The van der Waals surface area contributed by atoms with E-state index in [1.54, 1.807) is 6.21 Å². The molecule has 0 saturated heterocycles. The highest BCUT2D eigenvalue weighted by Gasteiger charge is 2.13. The van der Waals surface area contributed by atoms with Crippen LogP contribution in [0.25, 0.3) is 10.2 Å². The molecule has 0 atom stereocenters. The number of hydrogen-bond acceptors (Lipinski definition) is 6. The zero-order chi connectivity index (χ0) is 16.4. The number of thiophene rings is 2. The average Bonchev–Trinajstić information content (AvgIpc) is 3.08. The molecule has 3 rings (SSSR count). The third-order valence-corrected chi connectivity index (χ3v) is 5.25. The molecule has 0 aliphatic rings. The molecule has 8 heteroatoms. The SMILES string of the molecule is Cc1sc2nc(CC(=O)N/N=C\c3cccs3)[nH]c(=O)c2c1C. The summed E-state index contributed by atoms with van der Waals surface area (Å²) in [6.07, 6.45) is 1.55. The van der Waals surface area contributed by atoms with E-state index in [0.717, 1.165) is 15.3 Å². The van der Waals surface area contributed by atoms with E-state index in [1.165, 1.54) is 22.7 Å². The van der Waals surface area contributed by atoms with Crippen LogP contribution in [0, 0.1) is 13.8 Å². The number of aromatic amines is 1. The number of hydrogen-bond donors (Lipinski definition) is 2. The standard InChI is InChI=1S/C15H14N4O2S2/c1-8-9(2)23-15-13(8)14(21)17-11(18-15)6-12(20)19-16-7-10-4-3-5-22-10/h3-5,7H,6H2,1-2H3,(H,19,20)(H,17,18,21)/b16-7-. The number of rotatable bonds is 4. The highest BCUT2D eigenvalue weighted by Crippen LogP contribution is 2.25. The fraction of sp³-hybridized carbons (Fsp3) is 0.200. The van der Waals surface area contributed by atoms with E-state index in [4.69, 9.17) is 0 Å². The Hall–Kier alpha value is -2.32. The number of hydrazone groups is 1. The predicted molar refractivity (Wildman–Crippen MR) is 93.5 cm³/mol. The lowest BCUT2D eigenvalue weighted by Crippen LogP contribution is -2.23. The van der Waals surface area contributed by atoms with Gasteiger partial charge in [-0.25, -0.2) is 10.4 Å². The van der Waals surface area contributed by atoms with Gasteiger partial charge in [0.2, 0.25) is 5.91 Å². The van der Waals surface area contributed by atoms with Crippen molar-refractivity contribution in [2.75, 3.05) is 0 Å². The van der Waals surface area contributed by atoms with Gasteiger partial charge in [0.15, 0.2) is 0 Å². The Morgan fingerprint density at radius 3 is 3.04 bits per heavy atom. The highest BCUT2D eigenvalue weighted by molar-refractivity contribution is 7.18. The largest absolute Gasteiger partial charge is 0.309 e. The first-order chi connectivity index (χ1) is 11.0. The second-order valence-electron chi connectivity index (χ2n) is 4.96. The summed E-state index contributed by atoms with van der Waals surface area (Å²) < 4.78 is 0. The smallest absolute Gasteiger partial charge is 0.259 e. The van der Waals surface area contributed by atoms with Crippen molar-refractivity contribution >= 4 is 45.0 Å². The first kappa shape index (κ1) is 15.6. The summed E-state index contributed by atoms with van der Waals surface area (Å²) in [6.45, 7) is 3.85. The summed E-state index contributed by atoms with van der Waals surface area (Å²) in [5.74, 6) is 0.0119. The lowest BCUT2D eigenvalue weighted by Gasteiger charge is -2.00. The number of amides is 1. The van der Waals surface area contributed by atoms with Crippen LogP contribution in [0.2, 0.25) is 0 Å². The zero-order valence-corrected chi connectivity index (χ0v) is 14.2. The number of carbonyl (C=O) groups is 1. The van der Waals surface area contributed by atoms with Crippen LogP contribution in [-0.4, -0.2) is 22.1 Å². The number of aromatic nitrogens is 2. The van der Waals surface area contributed by atoms with Gasteiger partial charge in [0.05, 0.1) is 18.0 Å². The Bertz CT molecular complexity index is 938. The summed E-state index contributed by atoms with van der Waals surface area (Å²) in [5.41, 5.74) is 3.17. The monoisotopic (exact) mass is 346 g/mol. The number of fused-ring (bicyclic) bond motifs is 1. The normalized spacial score (nSPS) is 11.4. The third-order valence-electron chi connectivity index (χ3n) is 3.34. The molecule has 0 aliphatic carbocycles. The number of nitrogens with one attached hydrogen (secondary N) is 2. The number of aryl methyl sites for hydroxylation is 2. The lowest BCUT2D eigenvalue weighted by molar-refractivity contribution is -0.120. The van der Waals surface area contributed by atoms with Gasteiger partial charge < -0.3 is 4.98 Å². The van der Waals surface area contributed by atoms with Crippen molar-refractivity contribution in [2.24, 2.45) is 5.10 Å². The number of H-pyrrole nitrogens is 1. The lowest BCUT2D eigenvalue weighted by atomic mass is 10.2. The van der Waals surface area contributed by atoms with Gasteiger partial charge in [-0.2, -0.15) is 5.10 Å². The molecule has 3 aromatic rings. The maximum absolute atomic E-state index is 12.1. The molecule has 0 unspecified atom stereocenters. The van der Waals surface area contributed by atoms with Crippen molar-refractivity contribution < 1.29 is 4.79 Å². The van der Waals surface area contributed by atoms with Gasteiger partial charge in [-0.15, -0.1) is 22.7 Å². The van der Waals surface area contributed by atoms with Crippen molar-refractivity contribution in [1.29, 1.82) is 0 Å². The molecular formula is C15H14N4O2S2. The Morgan fingerprint density at radius 1 is 1.48 bits per heavy atom. The molecule has 2 N–H and O–H groups in total. The highest BCUT2D eigenvalue weighted by atomic mass is 32.1. The first-order valence-corrected chi connectivity index (χ1v) is 8.58. The Morgan fingerprint density at radius 2 is 2.30 bits per heavy atom. The van der Waals surface area contributed by atoms with Gasteiger partial charge in [-0.05, 0) is 30.9 Å². The van der Waals surface area contributed by atoms with Crippen LogP contribution in [0.5, 0.6) is 0 Å². The molecule has 0 bridgehead atoms. The maximum Gasteiger partial charge on any atom is 0.259 e. The van der Waals surface area contributed by atoms with Gasteiger partial charge in [-0.3, -0.25) is 9.59 Å². The van der Waals surface area contributed by atoms with Crippen LogP contribution in [-0.2, 0) is 11.2 Å². The van der Waals surface area contributed by atoms with E-state index in [9.17, 15) is 9.59 Å². The zero-order valence-electron chi connectivity index (χ0n) is 12.5. The molecule has 3 heterocycles. The molecule has 0 radical (unpaired) electrons. The molecule has 0 aliphatic heterocycles. The van der Waals surface area contributed by atoms with Crippen LogP contribution < -0.4 is 11.0 Å². The number of nitrogens with zero attached hydrogens (tertiary/aromatic N) is 2. The molecule has 0 aromatic carbocycles. The van der Waals surface area contributed by atoms with Crippen molar-refractivity contribution in [2.45, 2.75) is 20.3 Å². The summed E-state index contributed by atoms with van der Waals surface area (Å²) in [4.78, 5) is 33.7. The van der Waals surface area contributed by atoms with Crippen LogP contribution in [0.4, 0.5) is 0 Å². The summed E-state index contributed by atoms with van der Waals surface area (Å²) in [6, 6.07) is 3.80. The molecule has 3 aromatic heterocycles. The van der Waals surface area contributed by atoms with Gasteiger partial charge in [-0.1, -0.05) is 6.07 Å². The summed E-state index contributed by atoms with van der Waals surface area (Å²) >= 11 is 2.99. The molecule has 0 fully saturated rings. The van der Waals surface area contributed by atoms with Crippen LogP contribution in [0.3, 0.4) is 0 Å². The van der Waals surface area contributed by atoms with E-state index in [2.05, 4.69) is 20.5 Å². The van der Waals surface area contributed by atoms with E-state index in [1.807, 2.05) is 31.4 Å². The van der Waals surface area contributed by atoms with Crippen molar-refractivity contribution in [1.82, 2.24) is 15.4 Å². The Balaban J connectivity index is 1.73. The minimum Gasteiger partial charge on any atom is -0.309 e. The topological polar surface area (TPSA) is 87.2 Å². The Labute approximate surface area is 139 Å². The maximum atomic E-state index is 12.1. The molecule has 0 spiro atoms. The minimum absolute atomic E-state index is 0.0248. The van der Waals surface area contributed by atoms with E-state index in [-0.39, 0.29) is 17.9 Å². The van der Waals surface area contributed by atoms with Crippen molar-refractivity contribution in [3.05, 3.63) is 49.0 Å². The first-order valence-electron chi connectivity index (χ1n) is 6.89.